The van der Waals surface area contributed by atoms with Crippen molar-refractivity contribution in [3.63, 3.8) is 0 Å². The van der Waals surface area contributed by atoms with Gasteiger partial charge in [-0.3, -0.25) is 14.6 Å². The van der Waals surface area contributed by atoms with Crippen LogP contribution in [-0.2, 0) is 11.3 Å². The Bertz CT molecular complexity index is 779. The fourth-order valence-corrected chi connectivity index (χ4v) is 3.46. The number of nitrogens with zero attached hydrogens (tertiary/aromatic N) is 2. The smallest absolute Gasteiger partial charge is 0.234 e. The van der Waals surface area contributed by atoms with Gasteiger partial charge in [-0.25, -0.2) is 0 Å². The number of aliphatic hydroxyl groups is 1. The molecule has 0 radical (unpaired) electrons. The fraction of sp³-hybridized carbons (Fsp3) is 0.435. The Balaban J connectivity index is 1.32. The van der Waals surface area contributed by atoms with Crippen LogP contribution in [0.5, 0.6) is 11.5 Å². The molecule has 1 unspecified atom stereocenters. The number of nitrogens with one attached hydrogen (secondary N) is 1. The predicted molar refractivity (Wildman–Crippen MR) is 116 cm³/mol. The standard InChI is InChI=1S/C23H31N3O4/c1-29-21-9-5-6-10-22(21)30-18-20(27)16-25-11-13-26(14-12-25)17-23(28)24-15-19-7-3-2-4-8-19/h2-10,20,27H,11-18H2,1H3,(H,24,28). The Kier molecular flexibility index (Phi) is 8.50. The molecule has 1 atom stereocenters. The van der Waals surface area contributed by atoms with E-state index in [2.05, 4.69) is 15.1 Å². The van der Waals surface area contributed by atoms with E-state index in [1.807, 2.05) is 54.6 Å². The van der Waals surface area contributed by atoms with Crippen LogP contribution >= 0.6 is 0 Å². The van der Waals surface area contributed by atoms with E-state index in [0.29, 0.717) is 31.1 Å². The summed E-state index contributed by atoms with van der Waals surface area (Å²) in [5.41, 5.74) is 1.10. The van der Waals surface area contributed by atoms with Gasteiger partial charge in [-0.05, 0) is 17.7 Å². The van der Waals surface area contributed by atoms with Crippen molar-refractivity contribution in [3.8, 4) is 11.5 Å². The maximum absolute atomic E-state index is 12.2. The number of aliphatic hydroxyl groups excluding tert-OH is 1. The highest BCUT2D eigenvalue weighted by Gasteiger charge is 2.21. The molecule has 0 aliphatic carbocycles. The molecule has 2 aromatic rings. The SMILES string of the molecule is COc1ccccc1OCC(O)CN1CCN(CC(=O)NCc2ccccc2)CC1. The maximum Gasteiger partial charge on any atom is 0.234 e. The van der Waals surface area contributed by atoms with Crippen molar-refractivity contribution >= 4 is 5.91 Å². The first-order valence-electron chi connectivity index (χ1n) is 10.3. The number of hydrogen-bond donors (Lipinski definition) is 2. The fourth-order valence-electron chi connectivity index (χ4n) is 3.46. The zero-order chi connectivity index (χ0) is 21.2. The molecule has 3 rings (SSSR count). The van der Waals surface area contributed by atoms with Gasteiger partial charge in [0.1, 0.15) is 12.7 Å². The second-order valence-electron chi connectivity index (χ2n) is 7.45. The maximum atomic E-state index is 12.2. The molecule has 30 heavy (non-hydrogen) atoms. The van der Waals surface area contributed by atoms with Crippen LogP contribution in [0, 0.1) is 0 Å². The van der Waals surface area contributed by atoms with Crippen LogP contribution in [-0.4, -0.2) is 79.9 Å². The van der Waals surface area contributed by atoms with E-state index in [1.165, 1.54) is 0 Å². The summed E-state index contributed by atoms with van der Waals surface area (Å²) in [6, 6.07) is 17.3. The minimum absolute atomic E-state index is 0.0394. The normalized spacial score (nSPS) is 16.1. The second kappa shape index (κ2) is 11.5. The highest BCUT2D eigenvalue weighted by atomic mass is 16.5. The first-order chi connectivity index (χ1) is 14.6. The molecular formula is C23H31N3O4. The van der Waals surface area contributed by atoms with Gasteiger partial charge >= 0.3 is 0 Å². The molecule has 1 fully saturated rings. The number of benzene rings is 2. The Morgan fingerprint density at radius 1 is 1.00 bits per heavy atom. The summed E-state index contributed by atoms with van der Waals surface area (Å²) >= 11 is 0. The topological polar surface area (TPSA) is 74.3 Å². The number of para-hydroxylation sites is 2. The van der Waals surface area contributed by atoms with Gasteiger partial charge in [-0.15, -0.1) is 0 Å². The Morgan fingerprint density at radius 2 is 1.63 bits per heavy atom. The third-order valence-electron chi connectivity index (χ3n) is 5.13. The number of piperazine rings is 1. The number of carbonyl (C=O) groups excluding carboxylic acids is 1. The van der Waals surface area contributed by atoms with E-state index in [4.69, 9.17) is 9.47 Å². The van der Waals surface area contributed by atoms with Crippen LogP contribution in [0.25, 0.3) is 0 Å². The lowest BCUT2D eigenvalue weighted by Gasteiger charge is -2.35. The van der Waals surface area contributed by atoms with Crippen LogP contribution in [0.15, 0.2) is 54.6 Å². The number of β-amino-alcohol motifs (C(OH)–C–C–N with tert-alkyl or cyclic N) is 1. The van der Waals surface area contributed by atoms with Gasteiger partial charge in [0.2, 0.25) is 5.91 Å². The minimum atomic E-state index is -0.587. The van der Waals surface area contributed by atoms with Crippen molar-refractivity contribution in [1.29, 1.82) is 0 Å². The lowest BCUT2D eigenvalue weighted by atomic mass is 10.2. The van der Waals surface area contributed by atoms with Crippen molar-refractivity contribution in [1.82, 2.24) is 15.1 Å². The quantitative estimate of drug-likeness (QED) is 0.613. The number of rotatable bonds is 10. The van der Waals surface area contributed by atoms with Crippen LogP contribution in [0.1, 0.15) is 5.56 Å². The third-order valence-corrected chi connectivity index (χ3v) is 5.13. The van der Waals surface area contributed by atoms with E-state index in [-0.39, 0.29) is 12.5 Å². The highest BCUT2D eigenvalue weighted by molar-refractivity contribution is 5.78. The molecule has 1 saturated heterocycles. The number of carbonyl (C=O) groups is 1. The van der Waals surface area contributed by atoms with Gasteiger partial charge in [0.25, 0.3) is 0 Å². The number of methoxy groups -OCH3 is 1. The summed E-state index contributed by atoms with van der Waals surface area (Å²) in [6.45, 7) is 4.96. The molecule has 7 heteroatoms. The summed E-state index contributed by atoms with van der Waals surface area (Å²) in [5.74, 6) is 1.33. The van der Waals surface area contributed by atoms with Gasteiger partial charge in [0, 0.05) is 39.3 Å². The van der Waals surface area contributed by atoms with E-state index < -0.39 is 6.10 Å². The van der Waals surface area contributed by atoms with Gasteiger partial charge in [0.15, 0.2) is 11.5 Å². The van der Waals surface area contributed by atoms with Gasteiger partial charge in [-0.2, -0.15) is 0 Å². The van der Waals surface area contributed by atoms with Crippen LogP contribution in [0.3, 0.4) is 0 Å². The van der Waals surface area contributed by atoms with Gasteiger partial charge < -0.3 is 19.9 Å². The number of hydrogen-bond acceptors (Lipinski definition) is 6. The molecule has 1 aliphatic rings. The predicted octanol–water partition coefficient (Wildman–Crippen LogP) is 1.37. The Hall–Kier alpha value is -2.61. The lowest BCUT2D eigenvalue weighted by Crippen LogP contribution is -2.51. The average molecular weight is 414 g/mol. The molecule has 2 aromatic carbocycles. The first kappa shape index (κ1) is 22.1. The lowest BCUT2D eigenvalue weighted by molar-refractivity contribution is -0.122. The zero-order valence-corrected chi connectivity index (χ0v) is 17.5. The van der Waals surface area contributed by atoms with Crippen molar-refractivity contribution in [2.24, 2.45) is 0 Å². The third kappa shape index (κ3) is 7.02. The molecule has 1 amide bonds. The van der Waals surface area contributed by atoms with E-state index in [0.717, 1.165) is 31.7 Å². The van der Waals surface area contributed by atoms with Crippen molar-refractivity contribution in [2.75, 3.05) is 53.0 Å². The largest absolute Gasteiger partial charge is 0.493 e. The molecule has 0 aromatic heterocycles. The number of amides is 1. The summed E-state index contributed by atoms with van der Waals surface area (Å²) in [4.78, 5) is 16.5. The summed E-state index contributed by atoms with van der Waals surface area (Å²) in [7, 11) is 1.60. The van der Waals surface area contributed by atoms with Gasteiger partial charge in [-0.1, -0.05) is 42.5 Å². The van der Waals surface area contributed by atoms with Crippen molar-refractivity contribution in [3.05, 3.63) is 60.2 Å². The highest BCUT2D eigenvalue weighted by Crippen LogP contribution is 2.25. The average Bonchev–Trinajstić information content (AvgIpc) is 2.78. The molecule has 162 valence electrons. The molecule has 2 N–H and O–H groups in total. The monoisotopic (exact) mass is 413 g/mol. The van der Waals surface area contributed by atoms with Crippen molar-refractivity contribution < 1.29 is 19.4 Å². The molecule has 0 saturated carbocycles. The van der Waals surface area contributed by atoms with Gasteiger partial charge in [0.05, 0.1) is 13.7 Å². The molecule has 0 spiro atoms. The van der Waals surface area contributed by atoms with Crippen LogP contribution in [0.2, 0.25) is 0 Å². The summed E-state index contributed by atoms with van der Waals surface area (Å²) in [6.07, 6.45) is -0.587. The van der Waals surface area contributed by atoms with E-state index in [1.54, 1.807) is 7.11 Å². The molecule has 1 aliphatic heterocycles. The summed E-state index contributed by atoms with van der Waals surface area (Å²) < 4.78 is 11.0. The summed E-state index contributed by atoms with van der Waals surface area (Å²) in [5, 5.41) is 13.3. The molecule has 1 heterocycles. The van der Waals surface area contributed by atoms with Crippen LogP contribution in [0.4, 0.5) is 0 Å². The Morgan fingerprint density at radius 3 is 2.33 bits per heavy atom. The van der Waals surface area contributed by atoms with Crippen molar-refractivity contribution in [2.45, 2.75) is 12.6 Å². The minimum Gasteiger partial charge on any atom is -0.493 e. The van der Waals surface area contributed by atoms with E-state index in [9.17, 15) is 9.90 Å². The van der Waals surface area contributed by atoms with E-state index >= 15 is 0 Å². The van der Waals surface area contributed by atoms with Crippen LogP contribution < -0.4 is 14.8 Å². The molecule has 0 bridgehead atoms. The molecular weight excluding hydrogens is 382 g/mol. The molecule has 7 nitrogen and oxygen atoms in total. The zero-order valence-electron chi connectivity index (χ0n) is 17.5. The number of ether oxygens (including phenoxy) is 2. The first-order valence-corrected chi connectivity index (χ1v) is 10.3. The Labute approximate surface area is 178 Å². The second-order valence-corrected chi connectivity index (χ2v) is 7.45.